The van der Waals surface area contributed by atoms with Gasteiger partial charge >= 0.3 is 11.7 Å². The van der Waals surface area contributed by atoms with E-state index in [1.54, 1.807) is 0 Å². The molecule has 1 aliphatic heterocycles. The number of likely N-dealkylation sites (tertiary alicyclic amines) is 1. The van der Waals surface area contributed by atoms with Gasteiger partial charge in [-0.25, -0.2) is 14.8 Å². The third-order valence-corrected chi connectivity index (χ3v) is 5.25. The van der Waals surface area contributed by atoms with Gasteiger partial charge in [-0.05, 0) is 51.4 Å². The number of nitrogens with two attached hydrogens (primary N) is 1. The largest absolute Gasteiger partial charge is 0.481 e. The predicted octanol–water partition coefficient (Wildman–Crippen LogP) is 1.56. The number of amidine groups is 1. The molecule has 1 aliphatic rings. The van der Waals surface area contributed by atoms with Gasteiger partial charge in [0, 0.05) is 26.1 Å². The van der Waals surface area contributed by atoms with Crippen LogP contribution in [-0.4, -0.2) is 71.1 Å². The second-order valence-electron chi connectivity index (χ2n) is 7.63. The van der Waals surface area contributed by atoms with Gasteiger partial charge in [0.15, 0.2) is 5.82 Å². The lowest BCUT2D eigenvalue weighted by atomic mass is 9.95. The van der Waals surface area contributed by atoms with Crippen molar-refractivity contribution in [1.29, 1.82) is 0 Å². The zero-order valence-corrected chi connectivity index (χ0v) is 17.8. The highest BCUT2D eigenvalue weighted by Crippen LogP contribution is 2.20. The molecule has 168 valence electrons. The van der Waals surface area contributed by atoms with Gasteiger partial charge in [0.1, 0.15) is 18.3 Å². The van der Waals surface area contributed by atoms with Crippen molar-refractivity contribution in [2.75, 3.05) is 33.0 Å². The van der Waals surface area contributed by atoms with Crippen LogP contribution in [0, 0.1) is 5.92 Å². The Hall–Kier alpha value is -2.46. The van der Waals surface area contributed by atoms with Gasteiger partial charge in [0.25, 0.3) is 0 Å². The molecular formula is C20H34N6O4. The zero-order chi connectivity index (χ0) is 21.9. The number of carbonyl (C=O) groups is 1. The van der Waals surface area contributed by atoms with Crippen LogP contribution in [0.1, 0.15) is 51.1 Å². The van der Waals surface area contributed by atoms with Gasteiger partial charge in [-0.1, -0.05) is 13.3 Å². The number of unbranched alkanes of at least 4 members (excludes halogenated alkanes) is 1. The predicted molar refractivity (Wildman–Crippen MR) is 117 cm³/mol. The SMILES string of the molecule is C=Nc1c(/C(N)=N\COCCCC)[nH]c(=O)n1CCCN1CCCC(CC(=O)O)C1. The molecule has 4 N–H and O–H groups in total. The fourth-order valence-electron chi connectivity index (χ4n) is 3.74. The molecule has 2 heterocycles. The molecule has 1 fully saturated rings. The first-order valence-corrected chi connectivity index (χ1v) is 10.6. The van der Waals surface area contributed by atoms with Crippen LogP contribution in [0.15, 0.2) is 14.8 Å². The number of aliphatic carboxylic acids is 1. The molecule has 0 radical (unpaired) electrons. The highest BCUT2D eigenvalue weighted by atomic mass is 16.5. The summed E-state index contributed by atoms with van der Waals surface area (Å²) in [6, 6.07) is 0. The zero-order valence-electron chi connectivity index (χ0n) is 17.8. The first-order chi connectivity index (χ1) is 14.5. The maximum absolute atomic E-state index is 12.4. The van der Waals surface area contributed by atoms with Crippen LogP contribution in [0.5, 0.6) is 0 Å². The van der Waals surface area contributed by atoms with Gasteiger partial charge in [0.2, 0.25) is 0 Å². The standard InChI is InChI=1S/C20H34N6O4/c1-3-4-11-30-14-23-18(21)17-19(22-2)26(20(29)24-17)10-6-9-25-8-5-7-15(13-25)12-16(27)28/h15H,2-14H2,1H3,(H2,21,23)(H,24,29)(H,27,28). The van der Waals surface area contributed by atoms with Crippen molar-refractivity contribution >= 4 is 24.3 Å². The number of hydrogen-bond donors (Lipinski definition) is 3. The number of nitrogens with zero attached hydrogens (tertiary/aromatic N) is 4. The van der Waals surface area contributed by atoms with Crippen LogP contribution in [-0.2, 0) is 16.1 Å². The number of rotatable bonds is 13. The first kappa shape index (κ1) is 23.8. The highest BCUT2D eigenvalue weighted by Gasteiger charge is 2.22. The number of ether oxygens (including phenoxy) is 1. The summed E-state index contributed by atoms with van der Waals surface area (Å²) in [6.07, 6.45) is 4.89. The Kier molecular flexibility index (Phi) is 9.75. The first-order valence-electron chi connectivity index (χ1n) is 10.6. The lowest BCUT2D eigenvalue weighted by molar-refractivity contribution is -0.138. The molecule has 0 bridgehead atoms. The Bertz CT molecular complexity index is 785. The molecule has 2 rings (SSSR count). The summed E-state index contributed by atoms with van der Waals surface area (Å²) in [5.41, 5.74) is 6.06. The van der Waals surface area contributed by atoms with E-state index in [0.29, 0.717) is 24.7 Å². The highest BCUT2D eigenvalue weighted by molar-refractivity contribution is 5.99. The van der Waals surface area contributed by atoms with Gasteiger partial charge in [-0.2, -0.15) is 0 Å². The van der Waals surface area contributed by atoms with Crippen LogP contribution < -0.4 is 11.4 Å². The Labute approximate surface area is 176 Å². The third kappa shape index (κ3) is 7.10. The summed E-state index contributed by atoms with van der Waals surface area (Å²) >= 11 is 0. The second-order valence-corrected chi connectivity index (χ2v) is 7.63. The van der Waals surface area contributed by atoms with Crippen LogP contribution >= 0.6 is 0 Å². The van der Waals surface area contributed by atoms with Gasteiger partial charge in [0.05, 0.1) is 0 Å². The van der Waals surface area contributed by atoms with Crippen molar-refractivity contribution in [3.8, 4) is 0 Å². The van der Waals surface area contributed by atoms with Crippen molar-refractivity contribution in [3.63, 3.8) is 0 Å². The number of aliphatic imine (C=N–C) groups is 2. The Morgan fingerprint density at radius 3 is 2.90 bits per heavy atom. The number of imidazole rings is 1. The number of aromatic amines is 1. The van der Waals surface area contributed by atoms with Gasteiger partial charge < -0.3 is 25.5 Å². The minimum Gasteiger partial charge on any atom is -0.481 e. The summed E-state index contributed by atoms with van der Waals surface area (Å²) in [7, 11) is 0. The maximum Gasteiger partial charge on any atom is 0.327 e. The second kappa shape index (κ2) is 12.3. The Balaban J connectivity index is 1.93. The number of nitrogens with one attached hydrogen (secondary N) is 1. The molecule has 10 heteroatoms. The van der Waals surface area contributed by atoms with Crippen molar-refractivity contribution in [1.82, 2.24) is 14.5 Å². The molecule has 0 saturated carbocycles. The molecule has 0 aliphatic carbocycles. The van der Waals surface area contributed by atoms with E-state index in [4.69, 9.17) is 15.6 Å². The van der Waals surface area contributed by atoms with Gasteiger partial charge in [-0.3, -0.25) is 9.36 Å². The maximum atomic E-state index is 12.4. The average molecular weight is 423 g/mol. The quantitative estimate of drug-likeness (QED) is 0.250. The number of carboxylic acids is 1. The number of H-pyrrole nitrogens is 1. The summed E-state index contributed by atoms with van der Waals surface area (Å²) in [5, 5.41) is 9.00. The van der Waals surface area contributed by atoms with Crippen molar-refractivity contribution in [2.45, 2.75) is 52.0 Å². The van der Waals surface area contributed by atoms with Crippen LogP contribution in [0.3, 0.4) is 0 Å². The Morgan fingerprint density at radius 1 is 1.40 bits per heavy atom. The summed E-state index contributed by atoms with van der Waals surface area (Å²) in [6.45, 7) is 9.37. The fraction of sp³-hybridized carbons (Fsp3) is 0.700. The molecular weight excluding hydrogens is 388 g/mol. The lowest BCUT2D eigenvalue weighted by Crippen LogP contribution is -2.37. The molecule has 10 nitrogen and oxygen atoms in total. The van der Waals surface area contributed by atoms with Crippen LogP contribution in [0.2, 0.25) is 0 Å². The molecule has 0 spiro atoms. The van der Waals surface area contributed by atoms with E-state index in [1.165, 1.54) is 4.57 Å². The molecule has 30 heavy (non-hydrogen) atoms. The smallest absolute Gasteiger partial charge is 0.327 e. The minimum atomic E-state index is -0.745. The number of hydrogen-bond acceptors (Lipinski definition) is 6. The molecule has 0 aromatic carbocycles. The van der Waals surface area contributed by atoms with Crippen LogP contribution in [0.25, 0.3) is 0 Å². The van der Waals surface area contributed by atoms with E-state index in [-0.39, 0.29) is 30.6 Å². The van der Waals surface area contributed by atoms with Gasteiger partial charge in [-0.15, -0.1) is 0 Å². The van der Waals surface area contributed by atoms with E-state index in [1.807, 2.05) is 0 Å². The monoisotopic (exact) mass is 422 g/mol. The Morgan fingerprint density at radius 2 is 2.20 bits per heavy atom. The third-order valence-electron chi connectivity index (χ3n) is 5.25. The van der Waals surface area contributed by atoms with Crippen molar-refractivity contribution in [3.05, 3.63) is 16.2 Å². The summed E-state index contributed by atoms with van der Waals surface area (Å²) in [4.78, 5) is 36.5. The number of piperidine rings is 1. The molecule has 0 amide bonds. The summed E-state index contributed by atoms with van der Waals surface area (Å²) < 4.78 is 6.90. The molecule has 1 saturated heterocycles. The van der Waals surface area contributed by atoms with Crippen LogP contribution in [0.4, 0.5) is 5.82 Å². The van der Waals surface area contributed by atoms with E-state index in [9.17, 15) is 9.59 Å². The molecule has 1 aromatic rings. The molecule has 1 unspecified atom stereocenters. The minimum absolute atomic E-state index is 0.127. The number of carboxylic acid groups (broad SMARTS) is 1. The fourth-order valence-corrected chi connectivity index (χ4v) is 3.74. The van der Waals surface area contributed by atoms with E-state index in [2.05, 4.69) is 33.5 Å². The van der Waals surface area contributed by atoms with E-state index in [0.717, 1.165) is 51.7 Å². The lowest BCUT2D eigenvalue weighted by Gasteiger charge is -2.32. The molecule has 1 atom stereocenters. The van der Waals surface area contributed by atoms with Crippen molar-refractivity contribution in [2.24, 2.45) is 21.6 Å². The number of aromatic nitrogens is 2. The molecule has 1 aromatic heterocycles. The van der Waals surface area contributed by atoms with E-state index < -0.39 is 5.97 Å². The summed E-state index contributed by atoms with van der Waals surface area (Å²) in [5.74, 6) is -0.0155. The average Bonchev–Trinajstić information content (AvgIpc) is 3.03. The van der Waals surface area contributed by atoms with E-state index >= 15 is 0 Å². The topological polar surface area (TPSA) is 138 Å². The van der Waals surface area contributed by atoms with Crippen molar-refractivity contribution < 1.29 is 14.6 Å². The normalized spacial score (nSPS) is 17.9.